The van der Waals surface area contributed by atoms with E-state index in [1.54, 1.807) is 28.6 Å². The minimum Gasteiger partial charge on any atom is -0.394 e. The van der Waals surface area contributed by atoms with Crippen LogP contribution >= 0.6 is 11.8 Å². The summed E-state index contributed by atoms with van der Waals surface area (Å²) in [5.41, 5.74) is -0.429. The predicted molar refractivity (Wildman–Crippen MR) is 143 cm³/mol. The molecule has 1 spiro atoms. The first-order chi connectivity index (χ1) is 16.7. The molecule has 4 aliphatic rings. The van der Waals surface area contributed by atoms with E-state index < -0.39 is 34.2 Å². The third-order valence-corrected chi connectivity index (χ3v) is 10.0. The third-order valence-electron chi connectivity index (χ3n) is 8.31. The summed E-state index contributed by atoms with van der Waals surface area (Å²) in [6.45, 7) is 15.4. The number of nitrogens with zero attached hydrogens (tertiary/aromatic N) is 3. The second-order valence-electron chi connectivity index (χ2n) is 13.1. The van der Waals surface area contributed by atoms with E-state index in [9.17, 15) is 19.5 Å². The predicted octanol–water partition coefficient (Wildman–Crippen LogP) is 2.94. The summed E-state index contributed by atoms with van der Waals surface area (Å²) in [6, 6.07) is -1.27. The fourth-order valence-electron chi connectivity index (χ4n) is 7.12. The summed E-state index contributed by atoms with van der Waals surface area (Å²) < 4.78 is -0.851. The van der Waals surface area contributed by atoms with Crippen molar-refractivity contribution in [3.05, 3.63) is 24.3 Å². The summed E-state index contributed by atoms with van der Waals surface area (Å²) in [6.07, 6.45) is 8.94. The molecule has 0 aromatic carbocycles. The van der Waals surface area contributed by atoms with Gasteiger partial charge in [0.15, 0.2) is 0 Å². The molecule has 8 heteroatoms. The van der Waals surface area contributed by atoms with E-state index in [1.807, 2.05) is 30.9 Å². The molecule has 7 nitrogen and oxygen atoms in total. The van der Waals surface area contributed by atoms with Crippen molar-refractivity contribution in [1.29, 1.82) is 0 Å². The largest absolute Gasteiger partial charge is 0.394 e. The van der Waals surface area contributed by atoms with Gasteiger partial charge in [-0.1, -0.05) is 58.9 Å². The molecule has 200 valence electrons. The van der Waals surface area contributed by atoms with E-state index in [0.717, 1.165) is 6.42 Å². The standard InChI is InChI=1S/C28H43N3O4S/c1-17(2)18(15-32)31-22-25(35)30(27(6,7)16-26(3,4)5)14-10-12-28(22)21(24(31)34)20-19(36-28)11-9-13-29(8)23(20)33/h9-12,17-22,32H,13-16H2,1-8H3/t18-,19-,20+,21-,22?,28-/m0/s1. The van der Waals surface area contributed by atoms with E-state index in [-0.39, 0.29) is 40.9 Å². The van der Waals surface area contributed by atoms with Crippen molar-refractivity contribution in [3.8, 4) is 0 Å². The Bertz CT molecular complexity index is 984. The Balaban J connectivity index is 1.87. The minimum atomic E-state index is -0.851. The molecule has 2 fully saturated rings. The maximum Gasteiger partial charge on any atom is 0.247 e. The van der Waals surface area contributed by atoms with Crippen LogP contribution in [-0.2, 0) is 14.4 Å². The van der Waals surface area contributed by atoms with Crippen molar-refractivity contribution >= 4 is 29.5 Å². The molecule has 0 aliphatic carbocycles. The summed E-state index contributed by atoms with van der Waals surface area (Å²) >= 11 is 1.59. The maximum atomic E-state index is 14.6. The van der Waals surface area contributed by atoms with Gasteiger partial charge in [-0.25, -0.2) is 0 Å². The first kappa shape index (κ1) is 27.2. The number of rotatable bonds is 5. The van der Waals surface area contributed by atoms with Crippen molar-refractivity contribution in [1.82, 2.24) is 14.7 Å². The number of fused-ring (bicyclic) bond motifs is 2. The Hall–Kier alpha value is -1.80. The van der Waals surface area contributed by atoms with Crippen LogP contribution in [0.15, 0.2) is 24.3 Å². The number of likely N-dealkylation sites (N-methyl/N-ethyl adjacent to an activating group) is 1. The lowest BCUT2D eigenvalue weighted by atomic mass is 9.77. The van der Waals surface area contributed by atoms with Crippen molar-refractivity contribution in [2.45, 2.75) is 82.5 Å². The van der Waals surface area contributed by atoms with Gasteiger partial charge < -0.3 is 19.8 Å². The summed E-state index contributed by atoms with van der Waals surface area (Å²) in [7, 11) is 1.77. The van der Waals surface area contributed by atoms with Crippen LogP contribution in [0.4, 0.5) is 0 Å². The number of aliphatic hydroxyl groups is 1. The van der Waals surface area contributed by atoms with Crippen molar-refractivity contribution in [3.63, 3.8) is 0 Å². The number of carbonyl (C=O) groups is 3. The fraction of sp³-hybridized carbons (Fsp3) is 0.750. The van der Waals surface area contributed by atoms with Crippen LogP contribution in [0.5, 0.6) is 0 Å². The normalized spacial score (nSPS) is 33.6. The number of likely N-dealkylation sites (tertiary alicyclic amines) is 1. The van der Waals surface area contributed by atoms with Crippen molar-refractivity contribution in [2.75, 3.05) is 26.7 Å². The zero-order valence-electron chi connectivity index (χ0n) is 23.0. The van der Waals surface area contributed by atoms with Gasteiger partial charge in [0.2, 0.25) is 17.7 Å². The van der Waals surface area contributed by atoms with E-state index in [2.05, 4.69) is 46.8 Å². The lowest BCUT2D eigenvalue weighted by Gasteiger charge is -2.45. The first-order valence-electron chi connectivity index (χ1n) is 13.2. The summed E-state index contributed by atoms with van der Waals surface area (Å²) in [5, 5.41) is 10.2. The molecule has 4 aliphatic heterocycles. The smallest absolute Gasteiger partial charge is 0.247 e. The number of amides is 3. The highest BCUT2D eigenvalue weighted by Gasteiger charge is 2.72. The topological polar surface area (TPSA) is 81.2 Å². The van der Waals surface area contributed by atoms with Crippen LogP contribution in [0.25, 0.3) is 0 Å². The number of hydrogen-bond donors (Lipinski definition) is 1. The average Bonchev–Trinajstić information content (AvgIpc) is 3.06. The van der Waals surface area contributed by atoms with E-state index in [4.69, 9.17) is 0 Å². The van der Waals surface area contributed by atoms with Crippen LogP contribution in [0.3, 0.4) is 0 Å². The molecule has 4 heterocycles. The summed E-state index contributed by atoms with van der Waals surface area (Å²) in [4.78, 5) is 47.7. The molecule has 4 rings (SSSR count). The van der Waals surface area contributed by atoms with Crippen LogP contribution < -0.4 is 0 Å². The molecule has 36 heavy (non-hydrogen) atoms. The van der Waals surface area contributed by atoms with Gasteiger partial charge in [0.25, 0.3) is 0 Å². The SMILES string of the molecule is CC(C)[C@H](CO)N1C(=O)[C@@H]2[C@@H]3C(=O)N(C)CC=C[C@@H]3S[C@@]23C=CCN(C(C)(C)CC(C)(C)C)C(=O)C13. The van der Waals surface area contributed by atoms with Crippen LogP contribution in [0.1, 0.15) is 54.9 Å². The molecule has 2 saturated heterocycles. The van der Waals surface area contributed by atoms with Gasteiger partial charge in [0.1, 0.15) is 6.04 Å². The number of hydrogen-bond acceptors (Lipinski definition) is 5. The lowest BCUT2D eigenvalue weighted by Crippen LogP contribution is -2.61. The molecule has 0 aromatic rings. The molecular formula is C28H43N3O4S. The Morgan fingerprint density at radius 3 is 2.31 bits per heavy atom. The Labute approximate surface area is 220 Å². The number of carbonyl (C=O) groups excluding carboxylic acids is 3. The van der Waals surface area contributed by atoms with Gasteiger partial charge in [0.05, 0.1) is 29.2 Å². The molecule has 3 amide bonds. The second-order valence-corrected chi connectivity index (χ2v) is 14.6. The zero-order chi connectivity index (χ0) is 26.8. The first-order valence-corrected chi connectivity index (χ1v) is 14.1. The van der Waals surface area contributed by atoms with Gasteiger partial charge in [-0.05, 0) is 31.6 Å². The molecule has 1 unspecified atom stereocenters. The molecule has 0 bridgehead atoms. The van der Waals surface area contributed by atoms with Gasteiger partial charge in [-0.15, -0.1) is 11.8 Å². The average molecular weight is 518 g/mol. The van der Waals surface area contributed by atoms with Gasteiger partial charge >= 0.3 is 0 Å². The van der Waals surface area contributed by atoms with Gasteiger partial charge in [0, 0.05) is 30.9 Å². The Kier molecular flexibility index (Phi) is 6.95. The lowest BCUT2D eigenvalue weighted by molar-refractivity contribution is -0.150. The molecular weight excluding hydrogens is 474 g/mol. The van der Waals surface area contributed by atoms with E-state index in [0.29, 0.717) is 13.1 Å². The second kappa shape index (κ2) is 9.19. The quantitative estimate of drug-likeness (QED) is 0.567. The monoisotopic (exact) mass is 517 g/mol. The molecule has 0 saturated carbocycles. The third kappa shape index (κ3) is 4.22. The Morgan fingerprint density at radius 1 is 1.06 bits per heavy atom. The highest BCUT2D eigenvalue weighted by Crippen LogP contribution is 2.61. The van der Waals surface area contributed by atoms with Crippen molar-refractivity contribution in [2.24, 2.45) is 23.2 Å². The summed E-state index contributed by atoms with van der Waals surface area (Å²) in [5.74, 6) is -1.53. The van der Waals surface area contributed by atoms with E-state index >= 15 is 0 Å². The minimum absolute atomic E-state index is 0.00781. The fourth-order valence-corrected chi connectivity index (χ4v) is 9.11. The number of aliphatic hydroxyl groups excluding tert-OH is 1. The van der Waals surface area contributed by atoms with Crippen LogP contribution in [-0.4, -0.2) is 91.9 Å². The maximum absolute atomic E-state index is 14.6. The molecule has 6 atom stereocenters. The van der Waals surface area contributed by atoms with Gasteiger partial charge in [-0.3, -0.25) is 14.4 Å². The molecule has 0 aromatic heterocycles. The molecule has 0 radical (unpaired) electrons. The van der Waals surface area contributed by atoms with E-state index in [1.165, 1.54) is 0 Å². The van der Waals surface area contributed by atoms with Gasteiger partial charge in [-0.2, -0.15) is 0 Å². The Morgan fingerprint density at radius 2 is 1.72 bits per heavy atom. The van der Waals surface area contributed by atoms with Crippen LogP contribution in [0, 0.1) is 23.2 Å². The number of thioether (sulfide) groups is 1. The zero-order valence-corrected chi connectivity index (χ0v) is 23.8. The van der Waals surface area contributed by atoms with Crippen molar-refractivity contribution < 1.29 is 19.5 Å². The highest BCUT2D eigenvalue weighted by molar-refractivity contribution is 8.02. The highest BCUT2D eigenvalue weighted by atomic mass is 32.2. The van der Waals surface area contributed by atoms with Crippen LogP contribution in [0.2, 0.25) is 0 Å². The molecule has 1 N–H and O–H groups in total.